The molecular weight excluding hydrogens is 313 g/mol. The molecule has 0 aliphatic heterocycles. The zero-order valence-corrected chi connectivity index (χ0v) is 13.8. The summed E-state index contributed by atoms with van der Waals surface area (Å²) in [6.45, 7) is 6.13. The Morgan fingerprint density at radius 2 is 1.80 bits per heavy atom. The average Bonchev–Trinajstić information content (AvgIpc) is 2.32. The number of hydrogen-bond donors (Lipinski definition) is 1. The smallest absolute Gasteiger partial charge is 0.137 e. The molecule has 1 heterocycles. The first-order chi connectivity index (χ1) is 9.25. The van der Waals surface area contributed by atoms with Crippen LogP contribution < -0.4 is 5.73 Å². The molecular formula is C14H15Cl2N3S. The van der Waals surface area contributed by atoms with Crippen LogP contribution in [0.1, 0.15) is 26.6 Å². The fourth-order valence-electron chi connectivity index (χ4n) is 1.50. The van der Waals surface area contributed by atoms with Crippen molar-refractivity contribution in [1.29, 1.82) is 0 Å². The van der Waals surface area contributed by atoms with E-state index in [0.29, 0.717) is 21.7 Å². The number of nitrogens with zero attached hydrogens (tertiary/aromatic N) is 2. The number of anilines is 1. The van der Waals surface area contributed by atoms with Gasteiger partial charge < -0.3 is 5.73 Å². The number of aromatic nitrogens is 2. The second-order valence-electron chi connectivity index (χ2n) is 5.38. The van der Waals surface area contributed by atoms with Crippen LogP contribution in [0.3, 0.4) is 0 Å². The maximum Gasteiger partial charge on any atom is 0.137 e. The molecule has 0 unspecified atom stereocenters. The summed E-state index contributed by atoms with van der Waals surface area (Å²) < 4.78 is 0. The fraction of sp³-hybridized carbons (Fsp3) is 0.286. The minimum Gasteiger partial charge on any atom is -0.384 e. The molecule has 106 valence electrons. The van der Waals surface area contributed by atoms with E-state index in [2.05, 4.69) is 9.97 Å². The lowest BCUT2D eigenvalue weighted by Crippen LogP contribution is -2.17. The van der Waals surface area contributed by atoms with E-state index in [1.807, 2.05) is 26.8 Å². The highest BCUT2D eigenvalue weighted by Gasteiger charge is 2.19. The third-order valence-corrected chi connectivity index (χ3v) is 4.15. The standard InChI is InChI=1S/C14H15Cl2N3S/c1-14(2,3)13-18-11(17)7-12(19-13)20-10-6-8(15)4-5-9(10)16/h4-7H,1-3H3,(H2,17,18,19). The summed E-state index contributed by atoms with van der Waals surface area (Å²) in [5.74, 6) is 1.16. The van der Waals surface area contributed by atoms with E-state index in [1.165, 1.54) is 11.8 Å². The highest BCUT2D eigenvalue weighted by Crippen LogP contribution is 2.35. The Labute approximate surface area is 132 Å². The van der Waals surface area contributed by atoms with E-state index >= 15 is 0 Å². The van der Waals surface area contributed by atoms with Gasteiger partial charge in [-0.1, -0.05) is 55.7 Å². The van der Waals surface area contributed by atoms with E-state index in [4.69, 9.17) is 28.9 Å². The molecule has 0 atom stereocenters. The number of benzene rings is 1. The second-order valence-corrected chi connectivity index (χ2v) is 7.29. The van der Waals surface area contributed by atoms with Crippen molar-refractivity contribution in [3.05, 3.63) is 40.1 Å². The van der Waals surface area contributed by atoms with E-state index in [0.717, 1.165) is 9.92 Å². The van der Waals surface area contributed by atoms with Crippen molar-refractivity contribution >= 4 is 40.8 Å². The van der Waals surface area contributed by atoms with Gasteiger partial charge in [0.1, 0.15) is 16.7 Å². The molecule has 2 aromatic rings. The predicted molar refractivity (Wildman–Crippen MR) is 85.7 cm³/mol. The minimum absolute atomic E-state index is 0.164. The zero-order chi connectivity index (χ0) is 14.9. The fourth-order valence-corrected chi connectivity index (χ4v) is 2.86. The van der Waals surface area contributed by atoms with E-state index in [1.54, 1.807) is 18.2 Å². The minimum atomic E-state index is -0.164. The van der Waals surface area contributed by atoms with Crippen molar-refractivity contribution in [2.45, 2.75) is 36.1 Å². The van der Waals surface area contributed by atoms with Gasteiger partial charge in [-0.25, -0.2) is 9.97 Å². The predicted octanol–water partition coefficient (Wildman–Crippen LogP) is 4.81. The Morgan fingerprint density at radius 3 is 2.45 bits per heavy atom. The molecule has 0 radical (unpaired) electrons. The van der Waals surface area contributed by atoms with Gasteiger partial charge >= 0.3 is 0 Å². The van der Waals surface area contributed by atoms with Crippen molar-refractivity contribution in [3.8, 4) is 0 Å². The summed E-state index contributed by atoms with van der Waals surface area (Å²) in [6.07, 6.45) is 0. The van der Waals surface area contributed by atoms with Gasteiger partial charge in [0.25, 0.3) is 0 Å². The average molecular weight is 328 g/mol. The van der Waals surface area contributed by atoms with Crippen LogP contribution in [0.5, 0.6) is 0 Å². The van der Waals surface area contributed by atoms with Gasteiger partial charge in [0.2, 0.25) is 0 Å². The summed E-state index contributed by atoms with van der Waals surface area (Å²) in [7, 11) is 0. The lowest BCUT2D eigenvalue weighted by molar-refractivity contribution is 0.540. The van der Waals surface area contributed by atoms with Crippen molar-refractivity contribution in [3.63, 3.8) is 0 Å². The van der Waals surface area contributed by atoms with Gasteiger partial charge in [-0.05, 0) is 18.2 Å². The third kappa shape index (κ3) is 3.78. The molecule has 3 nitrogen and oxygen atoms in total. The zero-order valence-electron chi connectivity index (χ0n) is 11.4. The van der Waals surface area contributed by atoms with Gasteiger partial charge in [-0.3, -0.25) is 0 Å². The molecule has 1 aromatic carbocycles. The van der Waals surface area contributed by atoms with Gasteiger partial charge in [0.15, 0.2) is 0 Å². The van der Waals surface area contributed by atoms with Crippen molar-refractivity contribution in [2.75, 3.05) is 5.73 Å². The lowest BCUT2D eigenvalue weighted by atomic mass is 9.96. The summed E-state index contributed by atoms with van der Waals surface area (Å²) in [6, 6.07) is 7.06. The molecule has 2 N–H and O–H groups in total. The first-order valence-corrected chi connectivity index (χ1v) is 7.61. The Kier molecular flexibility index (Phi) is 4.47. The quantitative estimate of drug-likeness (QED) is 0.804. The number of nitrogens with two attached hydrogens (primary N) is 1. The molecule has 6 heteroatoms. The molecule has 0 aliphatic carbocycles. The maximum absolute atomic E-state index is 6.16. The topological polar surface area (TPSA) is 51.8 Å². The molecule has 0 aliphatic rings. The molecule has 0 bridgehead atoms. The monoisotopic (exact) mass is 327 g/mol. The number of rotatable bonds is 2. The molecule has 1 aromatic heterocycles. The first-order valence-electron chi connectivity index (χ1n) is 6.03. The summed E-state index contributed by atoms with van der Waals surface area (Å²) in [4.78, 5) is 9.67. The first kappa shape index (κ1) is 15.4. The van der Waals surface area contributed by atoms with Crippen LogP contribution in [-0.2, 0) is 5.41 Å². The van der Waals surface area contributed by atoms with Crippen LogP contribution in [0.4, 0.5) is 5.82 Å². The normalized spacial score (nSPS) is 11.7. The van der Waals surface area contributed by atoms with Crippen LogP contribution >= 0.6 is 35.0 Å². The van der Waals surface area contributed by atoms with Crippen molar-refractivity contribution in [1.82, 2.24) is 9.97 Å². The third-order valence-electron chi connectivity index (χ3n) is 2.50. The van der Waals surface area contributed by atoms with Crippen LogP contribution in [0.2, 0.25) is 10.0 Å². The number of nitrogen functional groups attached to an aromatic ring is 1. The Balaban J connectivity index is 2.39. The van der Waals surface area contributed by atoms with E-state index < -0.39 is 0 Å². The van der Waals surface area contributed by atoms with Crippen LogP contribution in [0, 0.1) is 0 Å². The highest BCUT2D eigenvalue weighted by atomic mass is 35.5. The van der Waals surface area contributed by atoms with Gasteiger partial charge in [0, 0.05) is 21.4 Å². The van der Waals surface area contributed by atoms with Crippen LogP contribution in [0.25, 0.3) is 0 Å². The summed E-state index contributed by atoms with van der Waals surface area (Å²) >= 11 is 13.6. The van der Waals surface area contributed by atoms with Crippen LogP contribution in [-0.4, -0.2) is 9.97 Å². The Bertz CT molecular complexity index is 639. The molecule has 0 fully saturated rings. The second kappa shape index (κ2) is 5.80. The summed E-state index contributed by atoms with van der Waals surface area (Å²) in [5, 5.41) is 2.02. The Hall–Kier alpha value is -0.970. The van der Waals surface area contributed by atoms with E-state index in [-0.39, 0.29) is 5.41 Å². The van der Waals surface area contributed by atoms with E-state index in [9.17, 15) is 0 Å². The SMILES string of the molecule is CC(C)(C)c1nc(N)cc(Sc2cc(Cl)ccc2Cl)n1. The van der Waals surface area contributed by atoms with Gasteiger partial charge in [-0.2, -0.15) is 0 Å². The van der Waals surface area contributed by atoms with Gasteiger partial charge in [-0.15, -0.1) is 0 Å². The number of halogens is 2. The molecule has 2 rings (SSSR count). The maximum atomic E-state index is 6.16. The van der Waals surface area contributed by atoms with Gasteiger partial charge in [0.05, 0.1) is 5.02 Å². The molecule has 0 spiro atoms. The number of hydrogen-bond acceptors (Lipinski definition) is 4. The largest absolute Gasteiger partial charge is 0.384 e. The van der Waals surface area contributed by atoms with Crippen LogP contribution in [0.15, 0.2) is 34.2 Å². The molecule has 0 amide bonds. The Morgan fingerprint density at radius 1 is 1.10 bits per heavy atom. The molecule has 0 saturated carbocycles. The van der Waals surface area contributed by atoms with Crippen molar-refractivity contribution in [2.24, 2.45) is 0 Å². The molecule has 0 saturated heterocycles. The lowest BCUT2D eigenvalue weighted by Gasteiger charge is -2.17. The highest BCUT2D eigenvalue weighted by molar-refractivity contribution is 7.99. The van der Waals surface area contributed by atoms with Crippen molar-refractivity contribution < 1.29 is 0 Å². The summed E-state index contributed by atoms with van der Waals surface area (Å²) in [5.41, 5.74) is 5.69. The molecule has 20 heavy (non-hydrogen) atoms.